The normalized spacial score (nSPS) is 19.8. The third-order valence-corrected chi connectivity index (χ3v) is 3.92. The van der Waals surface area contributed by atoms with Crippen LogP contribution < -0.4 is 10.5 Å². The zero-order valence-electron chi connectivity index (χ0n) is 11.1. The second kappa shape index (κ2) is 6.49. The summed E-state index contributed by atoms with van der Waals surface area (Å²) in [7, 11) is -3.15. The number of nitrogens with one attached hydrogen (secondary N) is 1. The molecule has 1 amide bonds. The lowest BCUT2D eigenvalue weighted by Gasteiger charge is -2.32. The SMILES string of the molecule is CC(CN)CC(=O)N1CCC(NS(C)(=O)=O)CC1. The lowest BCUT2D eigenvalue weighted by atomic mass is 10.0. The van der Waals surface area contributed by atoms with E-state index in [4.69, 9.17) is 5.73 Å². The standard InChI is InChI=1S/C11H23N3O3S/c1-9(8-12)7-11(15)14-5-3-10(4-6-14)13-18(2,16)17/h9-10,13H,3-8,12H2,1-2H3. The fourth-order valence-electron chi connectivity index (χ4n) is 2.06. The van der Waals surface area contributed by atoms with Crippen LogP contribution in [0.1, 0.15) is 26.2 Å². The van der Waals surface area contributed by atoms with Gasteiger partial charge in [0.25, 0.3) is 0 Å². The van der Waals surface area contributed by atoms with Crippen LogP contribution in [0, 0.1) is 5.92 Å². The zero-order chi connectivity index (χ0) is 13.8. The molecule has 0 spiro atoms. The quantitative estimate of drug-likeness (QED) is 0.709. The molecule has 1 saturated heterocycles. The van der Waals surface area contributed by atoms with Gasteiger partial charge in [0, 0.05) is 25.6 Å². The van der Waals surface area contributed by atoms with Gasteiger partial charge in [-0.3, -0.25) is 4.79 Å². The summed E-state index contributed by atoms with van der Waals surface area (Å²) >= 11 is 0. The first-order valence-electron chi connectivity index (χ1n) is 6.27. The van der Waals surface area contributed by atoms with Gasteiger partial charge in [-0.1, -0.05) is 6.92 Å². The molecule has 1 heterocycles. The summed E-state index contributed by atoms with van der Waals surface area (Å²) in [5, 5.41) is 0. The van der Waals surface area contributed by atoms with Crippen LogP contribution in [0.25, 0.3) is 0 Å². The summed E-state index contributed by atoms with van der Waals surface area (Å²) in [5.74, 6) is 0.315. The van der Waals surface area contributed by atoms with Crippen LogP contribution in [0.2, 0.25) is 0 Å². The van der Waals surface area contributed by atoms with E-state index >= 15 is 0 Å². The number of nitrogens with two attached hydrogens (primary N) is 1. The molecule has 1 aliphatic rings. The maximum absolute atomic E-state index is 11.9. The molecule has 0 aromatic rings. The summed E-state index contributed by atoms with van der Waals surface area (Å²) in [5.41, 5.74) is 5.49. The topological polar surface area (TPSA) is 92.5 Å². The van der Waals surface area contributed by atoms with Crippen LogP contribution in [0.15, 0.2) is 0 Å². The molecule has 7 heteroatoms. The monoisotopic (exact) mass is 277 g/mol. The number of hydrogen-bond acceptors (Lipinski definition) is 4. The van der Waals surface area contributed by atoms with Crippen molar-refractivity contribution in [2.24, 2.45) is 11.7 Å². The molecule has 6 nitrogen and oxygen atoms in total. The van der Waals surface area contributed by atoms with Gasteiger partial charge in [-0.2, -0.15) is 0 Å². The molecule has 0 bridgehead atoms. The lowest BCUT2D eigenvalue weighted by Crippen LogP contribution is -2.46. The van der Waals surface area contributed by atoms with Crippen molar-refractivity contribution in [2.75, 3.05) is 25.9 Å². The Morgan fingerprint density at radius 3 is 2.44 bits per heavy atom. The van der Waals surface area contributed by atoms with Crippen molar-refractivity contribution in [1.82, 2.24) is 9.62 Å². The Balaban J connectivity index is 2.37. The van der Waals surface area contributed by atoms with Gasteiger partial charge >= 0.3 is 0 Å². The first-order valence-corrected chi connectivity index (χ1v) is 8.16. The van der Waals surface area contributed by atoms with Gasteiger partial charge in [-0.05, 0) is 25.3 Å². The number of piperidine rings is 1. The van der Waals surface area contributed by atoms with E-state index < -0.39 is 10.0 Å². The Labute approximate surface area is 109 Å². The molecule has 106 valence electrons. The number of sulfonamides is 1. The van der Waals surface area contributed by atoms with Crippen molar-refractivity contribution < 1.29 is 13.2 Å². The van der Waals surface area contributed by atoms with E-state index in [0.29, 0.717) is 38.9 Å². The molecule has 0 aromatic carbocycles. The smallest absolute Gasteiger partial charge is 0.222 e. The fraction of sp³-hybridized carbons (Fsp3) is 0.909. The molecule has 0 aliphatic carbocycles. The third-order valence-electron chi connectivity index (χ3n) is 3.15. The molecule has 18 heavy (non-hydrogen) atoms. The number of rotatable bonds is 5. The van der Waals surface area contributed by atoms with Gasteiger partial charge < -0.3 is 10.6 Å². The Kier molecular flexibility index (Phi) is 5.55. The number of carbonyl (C=O) groups excluding carboxylic acids is 1. The average molecular weight is 277 g/mol. The zero-order valence-corrected chi connectivity index (χ0v) is 11.9. The molecule has 0 saturated carbocycles. The van der Waals surface area contributed by atoms with Gasteiger partial charge in [-0.15, -0.1) is 0 Å². The van der Waals surface area contributed by atoms with E-state index in [1.807, 2.05) is 6.92 Å². The number of carbonyl (C=O) groups is 1. The summed E-state index contributed by atoms with van der Waals surface area (Å²) in [4.78, 5) is 13.7. The molecule has 1 rings (SSSR count). The molecule has 1 aliphatic heterocycles. The summed E-state index contributed by atoms with van der Waals surface area (Å²) in [6.07, 6.45) is 2.99. The molecular formula is C11H23N3O3S. The van der Waals surface area contributed by atoms with Crippen molar-refractivity contribution in [2.45, 2.75) is 32.2 Å². The van der Waals surface area contributed by atoms with E-state index in [9.17, 15) is 13.2 Å². The second-order valence-corrected chi connectivity index (χ2v) is 6.87. The van der Waals surface area contributed by atoms with Crippen molar-refractivity contribution in [1.29, 1.82) is 0 Å². The predicted octanol–water partition coefficient (Wildman–Crippen LogP) is -0.488. The van der Waals surface area contributed by atoms with Crippen LogP contribution >= 0.6 is 0 Å². The summed E-state index contributed by atoms with van der Waals surface area (Å²) in [6.45, 7) is 3.69. The molecule has 3 N–H and O–H groups in total. The van der Waals surface area contributed by atoms with E-state index in [0.717, 1.165) is 6.26 Å². The maximum Gasteiger partial charge on any atom is 0.222 e. The number of hydrogen-bond donors (Lipinski definition) is 2. The van der Waals surface area contributed by atoms with Crippen LogP contribution in [-0.2, 0) is 14.8 Å². The predicted molar refractivity (Wildman–Crippen MR) is 70.4 cm³/mol. The van der Waals surface area contributed by atoms with E-state index in [1.54, 1.807) is 4.90 Å². The second-order valence-electron chi connectivity index (χ2n) is 5.09. The minimum atomic E-state index is -3.15. The van der Waals surface area contributed by atoms with E-state index in [2.05, 4.69) is 4.72 Å². The molecule has 0 radical (unpaired) electrons. The van der Waals surface area contributed by atoms with Gasteiger partial charge in [0.15, 0.2) is 0 Å². The molecule has 1 fully saturated rings. The third kappa shape index (κ3) is 5.32. The summed E-state index contributed by atoms with van der Waals surface area (Å²) < 4.78 is 24.8. The summed E-state index contributed by atoms with van der Waals surface area (Å²) in [6, 6.07) is -0.0454. The fourth-order valence-corrected chi connectivity index (χ4v) is 2.90. The minimum absolute atomic E-state index is 0.0454. The molecule has 0 aromatic heterocycles. The largest absolute Gasteiger partial charge is 0.343 e. The maximum atomic E-state index is 11.9. The average Bonchev–Trinajstić information content (AvgIpc) is 2.27. The van der Waals surface area contributed by atoms with Crippen molar-refractivity contribution >= 4 is 15.9 Å². The number of amides is 1. The Morgan fingerprint density at radius 1 is 1.44 bits per heavy atom. The lowest BCUT2D eigenvalue weighted by molar-refractivity contribution is -0.133. The van der Waals surface area contributed by atoms with E-state index in [1.165, 1.54) is 0 Å². The highest BCUT2D eigenvalue weighted by Crippen LogP contribution is 2.13. The van der Waals surface area contributed by atoms with Crippen LogP contribution in [0.5, 0.6) is 0 Å². The van der Waals surface area contributed by atoms with Crippen molar-refractivity contribution in [3.8, 4) is 0 Å². The molecule has 1 unspecified atom stereocenters. The molecule has 1 atom stereocenters. The van der Waals surface area contributed by atoms with E-state index in [-0.39, 0.29) is 17.9 Å². The Bertz CT molecular complexity index is 375. The highest BCUT2D eigenvalue weighted by molar-refractivity contribution is 7.88. The van der Waals surface area contributed by atoms with Gasteiger partial charge in [0.1, 0.15) is 0 Å². The Hall–Kier alpha value is -0.660. The highest BCUT2D eigenvalue weighted by Gasteiger charge is 2.24. The van der Waals surface area contributed by atoms with Crippen molar-refractivity contribution in [3.63, 3.8) is 0 Å². The van der Waals surface area contributed by atoms with Gasteiger partial charge in [0.05, 0.1) is 6.26 Å². The Morgan fingerprint density at radius 2 is 2.00 bits per heavy atom. The van der Waals surface area contributed by atoms with Crippen molar-refractivity contribution in [3.05, 3.63) is 0 Å². The van der Waals surface area contributed by atoms with Crippen LogP contribution in [0.3, 0.4) is 0 Å². The molecular weight excluding hydrogens is 254 g/mol. The van der Waals surface area contributed by atoms with Gasteiger partial charge in [-0.25, -0.2) is 13.1 Å². The van der Waals surface area contributed by atoms with Gasteiger partial charge in [0.2, 0.25) is 15.9 Å². The number of nitrogens with zero attached hydrogens (tertiary/aromatic N) is 1. The number of likely N-dealkylation sites (tertiary alicyclic amines) is 1. The van der Waals surface area contributed by atoms with Crippen LogP contribution in [0.4, 0.5) is 0 Å². The van der Waals surface area contributed by atoms with Crippen LogP contribution in [-0.4, -0.2) is 51.2 Å². The highest BCUT2D eigenvalue weighted by atomic mass is 32.2. The minimum Gasteiger partial charge on any atom is -0.343 e. The first kappa shape index (κ1) is 15.4. The first-order chi connectivity index (χ1) is 8.31.